The zero-order chi connectivity index (χ0) is 31.9. The number of aromatic nitrogens is 5. The second-order valence-electron chi connectivity index (χ2n) is 8.60. The number of anilines is 1. The van der Waals surface area contributed by atoms with Gasteiger partial charge in [0.2, 0.25) is 5.78 Å². The lowest BCUT2D eigenvalue weighted by Crippen LogP contribution is -2.21. The fourth-order valence-corrected chi connectivity index (χ4v) is 2.53. The molecule has 3 heterocycles. The third kappa shape index (κ3) is 20.3. The Balaban J connectivity index is -0.000000631. The molecule has 0 saturated carbocycles. The number of Topliss-reactive ketones (excluding diaryl/α,β-unsaturated/α-hetero) is 1. The molecule has 0 radical (unpaired) electrons. The lowest BCUT2D eigenvalue weighted by atomic mass is 10.2. The Morgan fingerprint density at radius 2 is 1.51 bits per heavy atom. The normalized spacial score (nSPS) is 10.7. The van der Waals surface area contributed by atoms with Crippen molar-refractivity contribution in [3.05, 3.63) is 48.4 Å². The molecule has 0 aliphatic rings. The van der Waals surface area contributed by atoms with Gasteiger partial charge in [-0.1, -0.05) is 27.0 Å². The molecule has 0 bridgehead atoms. The molecule has 0 saturated heterocycles. The number of carbonyl (C=O) groups excluding carboxylic acids is 1. The summed E-state index contributed by atoms with van der Waals surface area (Å²) in [6.07, 6.45) is -4.27. The predicted octanol–water partition coefficient (Wildman–Crippen LogP) is 4.76. The van der Waals surface area contributed by atoms with Gasteiger partial charge in [0.25, 0.3) is 0 Å². The molecule has 0 aliphatic carbocycles. The number of halogens is 7. The maximum atomic E-state index is 12.3. The van der Waals surface area contributed by atoms with E-state index in [4.69, 9.17) is 5.73 Å². The van der Waals surface area contributed by atoms with Crippen LogP contribution in [-0.2, 0) is 6.54 Å². The number of nitrogens with two attached hydrogens (primary N) is 2. The molecular weight excluding hydrogens is 632 g/mol. The van der Waals surface area contributed by atoms with E-state index in [1.807, 2.05) is 28.2 Å². The number of rotatable bonds is 8. The Kier molecular flexibility index (Phi) is 21.4. The van der Waals surface area contributed by atoms with E-state index >= 15 is 0 Å². The fourth-order valence-electron chi connectivity index (χ4n) is 2.53. The molecule has 4 N–H and O–H groups in total. The van der Waals surface area contributed by atoms with Crippen LogP contribution in [0.2, 0.25) is 0 Å². The van der Waals surface area contributed by atoms with Crippen molar-refractivity contribution < 1.29 is 31.1 Å². The number of nitrogen functional groups attached to an aromatic ring is 1. The van der Waals surface area contributed by atoms with Crippen LogP contribution < -0.4 is 11.5 Å². The van der Waals surface area contributed by atoms with Gasteiger partial charge in [0.05, 0.1) is 19.2 Å². The number of ketones is 1. The lowest BCUT2D eigenvalue weighted by Gasteiger charge is -2.09. The van der Waals surface area contributed by atoms with Gasteiger partial charge in [0.1, 0.15) is 36.6 Å². The highest BCUT2D eigenvalue weighted by Gasteiger charge is 2.29. The highest BCUT2D eigenvalue weighted by Crippen LogP contribution is 2.22. The van der Waals surface area contributed by atoms with Gasteiger partial charge in [-0.05, 0) is 24.3 Å². The number of hydrogen-bond donors (Lipinski definition) is 2. The van der Waals surface area contributed by atoms with Crippen molar-refractivity contribution >= 4 is 42.5 Å². The molecule has 0 unspecified atom stereocenters. The standard InChI is InChI=1S/C13H19N5O.C9H8F3N5.C2H4F3N.2CH4.ClH/c1-17(2)9-14-8-12(19)11-6-5-7-13(16-11)15-10-18(3)4;10-9(11,12)4-17-5-14-16-8(17)6-2-1-3-7(13)15-6;3-2(4,5)1-6;;;/h5-7,9-10H,8H2,1-4H3;1-3,5H,4H2,(H2,13,15);1,6H2;2*1H4;1H. The van der Waals surface area contributed by atoms with Crippen LogP contribution in [-0.4, -0.2) is 107 Å². The summed E-state index contributed by atoms with van der Waals surface area (Å²) >= 11 is 0. The van der Waals surface area contributed by atoms with Gasteiger partial charge >= 0.3 is 12.4 Å². The molecule has 3 aromatic rings. The van der Waals surface area contributed by atoms with Crippen LogP contribution in [0, 0.1) is 0 Å². The van der Waals surface area contributed by atoms with Crippen molar-refractivity contribution in [3.63, 3.8) is 0 Å². The average molecular weight is 672 g/mol. The van der Waals surface area contributed by atoms with E-state index in [1.54, 1.807) is 46.7 Å². The van der Waals surface area contributed by atoms with Crippen LogP contribution in [0.5, 0.6) is 0 Å². The number of hydrogen-bond acceptors (Lipinski definition) is 9. The number of alkyl halides is 6. The minimum atomic E-state index is -4.34. The largest absolute Gasteiger partial charge is 0.406 e. The maximum absolute atomic E-state index is 12.3. The van der Waals surface area contributed by atoms with Crippen molar-refractivity contribution in [1.82, 2.24) is 34.5 Å². The Hall–Kier alpha value is -4.32. The molecule has 12 nitrogen and oxygen atoms in total. The van der Waals surface area contributed by atoms with Gasteiger partial charge in [0, 0.05) is 28.2 Å². The first-order chi connectivity index (χ1) is 19.5. The van der Waals surface area contributed by atoms with Crippen LogP contribution in [0.3, 0.4) is 0 Å². The molecule has 0 atom stereocenters. The van der Waals surface area contributed by atoms with E-state index in [0.717, 1.165) is 10.9 Å². The molecule has 0 fully saturated rings. The number of carbonyl (C=O) groups is 1. The fraction of sp³-hybridized carbons (Fsp3) is 0.423. The van der Waals surface area contributed by atoms with E-state index < -0.39 is 25.4 Å². The molecule has 3 aromatic heterocycles. The second kappa shape index (κ2) is 21.4. The van der Waals surface area contributed by atoms with Gasteiger partial charge < -0.3 is 25.8 Å². The first-order valence-electron chi connectivity index (χ1n) is 11.8. The van der Waals surface area contributed by atoms with Crippen LogP contribution in [0.15, 0.2) is 52.7 Å². The highest BCUT2D eigenvalue weighted by atomic mass is 35.5. The summed E-state index contributed by atoms with van der Waals surface area (Å²) in [6, 6.07) is 9.83. The lowest BCUT2D eigenvalue weighted by molar-refractivity contribution is -0.140. The van der Waals surface area contributed by atoms with Crippen molar-refractivity contribution in [1.29, 1.82) is 0 Å². The van der Waals surface area contributed by atoms with Crippen LogP contribution in [0.1, 0.15) is 25.3 Å². The molecule has 0 spiro atoms. The molecule has 254 valence electrons. The van der Waals surface area contributed by atoms with Crippen molar-refractivity contribution in [3.8, 4) is 11.5 Å². The second-order valence-corrected chi connectivity index (χ2v) is 8.60. The monoisotopic (exact) mass is 671 g/mol. The Morgan fingerprint density at radius 3 is 2.02 bits per heavy atom. The number of aliphatic imine (C=N–C) groups is 2. The zero-order valence-corrected chi connectivity index (χ0v) is 24.4. The number of pyridine rings is 2. The summed E-state index contributed by atoms with van der Waals surface area (Å²) in [6.45, 7) is -2.30. The highest BCUT2D eigenvalue weighted by molar-refractivity contribution is 5.96. The van der Waals surface area contributed by atoms with E-state index in [9.17, 15) is 31.1 Å². The summed E-state index contributed by atoms with van der Waals surface area (Å²) in [5, 5.41) is 7.05. The summed E-state index contributed by atoms with van der Waals surface area (Å²) in [7, 11) is 7.44. The van der Waals surface area contributed by atoms with E-state index in [1.165, 1.54) is 12.1 Å². The molecule has 0 amide bonds. The molecule has 0 aromatic carbocycles. The van der Waals surface area contributed by atoms with Gasteiger partial charge in [-0.25, -0.2) is 15.0 Å². The van der Waals surface area contributed by atoms with Gasteiger partial charge in [0.15, 0.2) is 11.6 Å². The third-order valence-electron chi connectivity index (χ3n) is 4.18. The SMILES string of the molecule is C.C.CN(C)C=NCC(=O)c1cccc(N=CN(C)C)n1.Cl.NCC(F)(F)F.Nc1cccc(-c2nncn2CC(F)(F)F)n1. The third-order valence-corrected chi connectivity index (χ3v) is 4.18. The molecule has 19 heteroatoms. The first-order valence-corrected chi connectivity index (χ1v) is 11.8. The summed E-state index contributed by atoms with van der Waals surface area (Å²) in [5.41, 5.74) is 10.3. The van der Waals surface area contributed by atoms with Crippen LogP contribution >= 0.6 is 12.4 Å². The zero-order valence-electron chi connectivity index (χ0n) is 23.6. The Bertz CT molecular complexity index is 1310. The Labute approximate surface area is 264 Å². The Morgan fingerprint density at radius 1 is 0.933 bits per heavy atom. The van der Waals surface area contributed by atoms with Crippen molar-refractivity contribution in [2.45, 2.75) is 33.8 Å². The topological polar surface area (TPSA) is 157 Å². The smallest absolute Gasteiger partial charge is 0.384 e. The quantitative estimate of drug-likeness (QED) is 0.149. The van der Waals surface area contributed by atoms with E-state index in [2.05, 4.69) is 35.9 Å². The molecular formula is C26H40ClF6N11O. The predicted molar refractivity (Wildman–Crippen MR) is 167 cm³/mol. The van der Waals surface area contributed by atoms with E-state index in [0.29, 0.717) is 11.5 Å². The van der Waals surface area contributed by atoms with Gasteiger partial charge in [-0.2, -0.15) is 26.3 Å². The minimum absolute atomic E-state index is 0. The number of nitrogens with zero attached hydrogens (tertiary/aromatic N) is 9. The van der Waals surface area contributed by atoms with Gasteiger partial charge in [-0.3, -0.25) is 9.79 Å². The van der Waals surface area contributed by atoms with E-state index in [-0.39, 0.29) is 56.9 Å². The summed E-state index contributed by atoms with van der Waals surface area (Å²) < 4.78 is 69.7. The van der Waals surface area contributed by atoms with Crippen LogP contribution in [0.4, 0.5) is 38.0 Å². The molecule has 45 heavy (non-hydrogen) atoms. The first kappa shape index (κ1) is 45.1. The minimum Gasteiger partial charge on any atom is -0.384 e. The van der Waals surface area contributed by atoms with Crippen molar-refractivity contribution in [2.24, 2.45) is 15.7 Å². The molecule has 0 aliphatic heterocycles. The van der Waals surface area contributed by atoms with Crippen LogP contribution in [0.25, 0.3) is 11.5 Å². The average Bonchev–Trinajstić information content (AvgIpc) is 3.34. The van der Waals surface area contributed by atoms with Crippen molar-refractivity contribution in [2.75, 3.05) is 47.0 Å². The summed E-state index contributed by atoms with van der Waals surface area (Å²) in [5.74, 6) is 0.634. The van der Waals surface area contributed by atoms with Gasteiger partial charge in [-0.15, -0.1) is 22.6 Å². The summed E-state index contributed by atoms with van der Waals surface area (Å²) in [4.78, 5) is 31.7. The molecule has 3 rings (SSSR count). The maximum Gasteiger partial charge on any atom is 0.406 e.